The van der Waals surface area contributed by atoms with Crippen molar-refractivity contribution < 1.29 is 18.3 Å². The molecule has 17 heavy (non-hydrogen) atoms. The minimum absolute atomic E-state index is 0.0556. The topological polar surface area (TPSA) is 86.7 Å². The first kappa shape index (κ1) is 13.1. The van der Waals surface area contributed by atoms with Crippen LogP contribution < -0.4 is 4.72 Å². The van der Waals surface area contributed by atoms with E-state index in [-0.39, 0.29) is 12.5 Å². The lowest BCUT2D eigenvalue weighted by Gasteiger charge is -2.33. The fourth-order valence-corrected chi connectivity index (χ4v) is 4.74. The molecule has 0 aromatic carbocycles. The van der Waals surface area contributed by atoms with Crippen molar-refractivity contribution in [2.75, 3.05) is 18.1 Å². The van der Waals surface area contributed by atoms with Crippen molar-refractivity contribution >= 4 is 27.9 Å². The maximum atomic E-state index is 12.0. The van der Waals surface area contributed by atoms with Gasteiger partial charge in [0.2, 0.25) is 0 Å². The summed E-state index contributed by atoms with van der Waals surface area (Å²) >= 11 is 1.60. The van der Waals surface area contributed by atoms with E-state index >= 15 is 0 Å². The normalized spacial score (nSPS) is 26.9. The molecule has 0 bridgehead atoms. The van der Waals surface area contributed by atoms with Crippen molar-refractivity contribution in [3.63, 3.8) is 0 Å². The first-order chi connectivity index (χ1) is 7.99. The second-order valence-electron chi connectivity index (χ2n) is 4.33. The van der Waals surface area contributed by atoms with Gasteiger partial charge in [0.25, 0.3) is 10.2 Å². The van der Waals surface area contributed by atoms with Crippen molar-refractivity contribution in [3.05, 3.63) is 0 Å². The summed E-state index contributed by atoms with van der Waals surface area (Å²) in [5.74, 6) is 0.323. The van der Waals surface area contributed by atoms with Gasteiger partial charge in [-0.1, -0.05) is 0 Å². The molecule has 0 spiro atoms. The summed E-state index contributed by atoms with van der Waals surface area (Å²) in [7, 11) is -3.51. The SMILES string of the molecule is O=C(O)CC1CSCCN1S(=O)(=O)NC1CC1. The quantitative estimate of drug-likeness (QED) is 0.733. The van der Waals surface area contributed by atoms with E-state index in [0.29, 0.717) is 12.3 Å². The molecular weight excluding hydrogens is 264 g/mol. The molecule has 1 unspecified atom stereocenters. The summed E-state index contributed by atoms with van der Waals surface area (Å²) in [4.78, 5) is 10.7. The minimum atomic E-state index is -3.51. The molecule has 0 aromatic rings. The maximum absolute atomic E-state index is 12.0. The molecule has 6 nitrogen and oxygen atoms in total. The number of nitrogens with one attached hydrogen (secondary N) is 1. The van der Waals surface area contributed by atoms with Crippen LogP contribution in [0.4, 0.5) is 0 Å². The zero-order valence-electron chi connectivity index (χ0n) is 9.33. The predicted octanol–water partition coefficient (Wildman–Crippen LogP) is -0.125. The van der Waals surface area contributed by atoms with E-state index in [4.69, 9.17) is 5.11 Å². The average Bonchev–Trinajstić information content (AvgIpc) is 3.00. The second-order valence-corrected chi connectivity index (χ2v) is 7.14. The molecule has 8 heteroatoms. The summed E-state index contributed by atoms with van der Waals surface area (Å²) in [5, 5.41) is 8.79. The Kier molecular flexibility index (Phi) is 3.96. The molecule has 98 valence electrons. The van der Waals surface area contributed by atoms with E-state index in [9.17, 15) is 13.2 Å². The number of hydrogen-bond acceptors (Lipinski definition) is 4. The molecule has 2 aliphatic rings. The van der Waals surface area contributed by atoms with Gasteiger partial charge in [-0.2, -0.15) is 29.2 Å². The van der Waals surface area contributed by atoms with E-state index in [0.717, 1.165) is 18.6 Å². The molecule has 1 aliphatic heterocycles. The summed E-state index contributed by atoms with van der Waals surface area (Å²) in [5.41, 5.74) is 0. The predicted molar refractivity (Wildman–Crippen MR) is 65.1 cm³/mol. The standard InChI is InChI=1S/C9H16N2O4S2/c12-9(13)5-8-6-16-4-3-11(8)17(14,15)10-7-1-2-7/h7-8,10H,1-6H2,(H,12,13). The van der Waals surface area contributed by atoms with E-state index in [2.05, 4.69) is 4.72 Å². The lowest BCUT2D eigenvalue weighted by Crippen LogP contribution is -2.51. The van der Waals surface area contributed by atoms with Crippen LogP contribution >= 0.6 is 11.8 Å². The molecule has 0 aromatic heterocycles. The monoisotopic (exact) mass is 280 g/mol. The van der Waals surface area contributed by atoms with Crippen molar-refractivity contribution in [1.82, 2.24) is 9.03 Å². The van der Waals surface area contributed by atoms with Crippen LogP contribution in [-0.2, 0) is 15.0 Å². The molecule has 1 saturated heterocycles. The van der Waals surface area contributed by atoms with Crippen LogP contribution in [0.3, 0.4) is 0 Å². The van der Waals surface area contributed by atoms with E-state index in [1.54, 1.807) is 11.8 Å². The average molecular weight is 280 g/mol. The number of carboxylic acids is 1. The summed E-state index contributed by atoms with van der Waals surface area (Å²) in [6.45, 7) is 0.394. The third kappa shape index (κ3) is 3.57. The van der Waals surface area contributed by atoms with Gasteiger partial charge in [-0.05, 0) is 12.8 Å². The third-order valence-corrected chi connectivity index (χ3v) is 5.61. The van der Waals surface area contributed by atoms with Crippen molar-refractivity contribution in [2.24, 2.45) is 0 Å². The van der Waals surface area contributed by atoms with Crippen molar-refractivity contribution in [3.8, 4) is 0 Å². The van der Waals surface area contributed by atoms with Crippen LogP contribution in [0.5, 0.6) is 0 Å². The highest BCUT2D eigenvalue weighted by Crippen LogP contribution is 2.25. The minimum Gasteiger partial charge on any atom is -0.481 e. The molecule has 2 N–H and O–H groups in total. The zero-order valence-corrected chi connectivity index (χ0v) is 11.0. The number of rotatable bonds is 5. The van der Waals surface area contributed by atoms with Crippen molar-refractivity contribution in [2.45, 2.75) is 31.3 Å². The zero-order chi connectivity index (χ0) is 12.5. The second kappa shape index (κ2) is 5.13. The third-order valence-electron chi connectivity index (χ3n) is 2.79. The molecule has 2 fully saturated rings. The van der Waals surface area contributed by atoms with Crippen LogP contribution in [0.1, 0.15) is 19.3 Å². The van der Waals surface area contributed by atoms with Gasteiger partial charge in [0.15, 0.2) is 0 Å². The summed E-state index contributed by atoms with van der Waals surface area (Å²) in [6.07, 6.45) is 1.63. The lowest BCUT2D eigenvalue weighted by atomic mass is 10.2. The van der Waals surface area contributed by atoms with E-state index in [1.807, 2.05) is 0 Å². The van der Waals surface area contributed by atoms with E-state index in [1.165, 1.54) is 4.31 Å². The Balaban J connectivity index is 2.06. The Morgan fingerprint density at radius 3 is 2.76 bits per heavy atom. The van der Waals surface area contributed by atoms with Gasteiger partial charge in [-0.25, -0.2) is 0 Å². The number of thioether (sulfide) groups is 1. The molecule has 1 heterocycles. The number of hydrogen-bond donors (Lipinski definition) is 2. The largest absolute Gasteiger partial charge is 0.481 e. The molecule has 0 amide bonds. The number of carboxylic acid groups (broad SMARTS) is 1. The van der Waals surface area contributed by atoms with Gasteiger partial charge in [0.1, 0.15) is 0 Å². The highest BCUT2D eigenvalue weighted by Gasteiger charge is 2.37. The Bertz CT molecular complexity index is 394. The molecule has 1 atom stereocenters. The summed E-state index contributed by atoms with van der Waals surface area (Å²) < 4.78 is 28.0. The van der Waals surface area contributed by atoms with Crippen LogP contribution in [0.25, 0.3) is 0 Å². The Hall–Kier alpha value is -0.310. The smallest absolute Gasteiger partial charge is 0.305 e. The highest BCUT2D eigenvalue weighted by molar-refractivity contribution is 7.99. The van der Waals surface area contributed by atoms with Crippen LogP contribution in [-0.4, -0.2) is 53.9 Å². The first-order valence-electron chi connectivity index (χ1n) is 5.57. The van der Waals surface area contributed by atoms with Gasteiger partial charge in [-0.3, -0.25) is 4.79 Å². The lowest BCUT2D eigenvalue weighted by molar-refractivity contribution is -0.137. The Labute approximate surface area is 105 Å². The Morgan fingerprint density at radius 1 is 1.47 bits per heavy atom. The molecule has 1 aliphatic carbocycles. The Morgan fingerprint density at radius 2 is 2.18 bits per heavy atom. The van der Waals surface area contributed by atoms with Crippen molar-refractivity contribution in [1.29, 1.82) is 0 Å². The molecular formula is C9H16N2O4S2. The summed E-state index contributed by atoms with van der Waals surface area (Å²) in [6, 6.07) is -0.373. The van der Waals surface area contributed by atoms with Gasteiger partial charge in [0.05, 0.1) is 6.42 Å². The maximum Gasteiger partial charge on any atom is 0.305 e. The van der Waals surface area contributed by atoms with E-state index < -0.39 is 22.2 Å². The number of nitrogens with zero attached hydrogens (tertiary/aromatic N) is 1. The molecule has 1 saturated carbocycles. The highest BCUT2D eigenvalue weighted by atomic mass is 32.2. The van der Waals surface area contributed by atoms with Gasteiger partial charge >= 0.3 is 5.97 Å². The van der Waals surface area contributed by atoms with Crippen LogP contribution in [0, 0.1) is 0 Å². The molecule has 2 rings (SSSR count). The number of carbonyl (C=O) groups is 1. The fraction of sp³-hybridized carbons (Fsp3) is 0.889. The molecule has 0 radical (unpaired) electrons. The fourth-order valence-electron chi connectivity index (χ4n) is 1.80. The van der Waals surface area contributed by atoms with Crippen LogP contribution in [0.15, 0.2) is 0 Å². The number of aliphatic carboxylic acids is 1. The van der Waals surface area contributed by atoms with Gasteiger partial charge < -0.3 is 5.11 Å². The van der Waals surface area contributed by atoms with Gasteiger partial charge in [-0.15, -0.1) is 0 Å². The van der Waals surface area contributed by atoms with Crippen LogP contribution in [0.2, 0.25) is 0 Å². The van der Waals surface area contributed by atoms with Gasteiger partial charge in [0, 0.05) is 30.1 Å². The first-order valence-corrected chi connectivity index (χ1v) is 8.17.